The molecule has 0 aliphatic carbocycles. The smallest absolute Gasteiger partial charge is 0.0638 e. The van der Waals surface area contributed by atoms with E-state index in [1.165, 1.54) is 12.8 Å². The fourth-order valence-electron chi connectivity index (χ4n) is 1.12. The number of hydrogen-bond acceptors (Lipinski definition) is 1. The normalized spacial score (nSPS) is 12.7. The first-order valence-corrected chi connectivity index (χ1v) is 4.33. The van der Waals surface area contributed by atoms with E-state index in [1.807, 2.05) is 7.05 Å². The second-order valence-corrected chi connectivity index (χ2v) is 3.15. The van der Waals surface area contributed by atoms with E-state index in [-0.39, 0.29) is 0 Å². The minimum atomic E-state index is 0.772. The molecule has 0 aromatic rings. The molecule has 0 bridgehead atoms. The van der Waals surface area contributed by atoms with Crippen molar-refractivity contribution in [2.24, 2.45) is 5.92 Å². The molecule has 0 heterocycles. The van der Waals surface area contributed by atoms with Crippen molar-refractivity contribution in [1.29, 1.82) is 0 Å². The van der Waals surface area contributed by atoms with Gasteiger partial charge in [-0.3, -0.25) is 0 Å². The Balaban J connectivity index is 3.36. The highest BCUT2D eigenvalue weighted by molar-refractivity contribution is 7.78. The van der Waals surface area contributed by atoms with Crippen LogP contribution in [0.4, 0.5) is 0 Å². The summed E-state index contributed by atoms with van der Waals surface area (Å²) in [5.41, 5.74) is 1.71. The SMILES string of the molecule is CCCC(C)CN(C)C=S. The standard InChI is InChI=1S/C8H17NS/c1-4-5-8(2)6-9(3)7-10/h7-8H,4-6H2,1-3H3. The first-order chi connectivity index (χ1) is 4.70. The molecule has 1 nitrogen and oxygen atoms in total. The third kappa shape index (κ3) is 4.74. The lowest BCUT2D eigenvalue weighted by atomic mass is 10.1. The molecule has 1 atom stereocenters. The van der Waals surface area contributed by atoms with Gasteiger partial charge in [-0.25, -0.2) is 0 Å². The zero-order valence-electron chi connectivity index (χ0n) is 7.13. The van der Waals surface area contributed by atoms with Crippen LogP contribution in [0.1, 0.15) is 26.7 Å². The van der Waals surface area contributed by atoms with Crippen LogP contribution in [0, 0.1) is 5.92 Å². The third-order valence-corrected chi connectivity index (χ3v) is 1.92. The topological polar surface area (TPSA) is 3.24 Å². The van der Waals surface area contributed by atoms with Crippen LogP contribution in [0.5, 0.6) is 0 Å². The molecule has 0 aromatic carbocycles. The van der Waals surface area contributed by atoms with E-state index in [0.29, 0.717) is 0 Å². The molecule has 0 rings (SSSR count). The summed E-state index contributed by atoms with van der Waals surface area (Å²) in [5.74, 6) is 0.772. The van der Waals surface area contributed by atoms with Gasteiger partial charge < -0.3 is 4.90 Å². The van der Waals surface area contributed by atoms with Crippen molar-refractivity contribution in [3.8, 4) is 0 Å². The lowest BCUT2D eigenvalue weighted by molar-refractivity contribution is 0.394. The van der Waals surface area contributed by atoms with Gasteiger partial charge in [-0.05, 0) is 12.3 Å². The fraction of sp³-hybridized carbons (Fsp3) is 0.875. The van der Waals surface area contributed by atoms with Gasteiger partial charge in [0.15, 0.2) is 0 Å². The molecule has 0 aliphatic heterocycles. The Hall–Kier alpha value is -0.110. The van der Waals surface area contributed by atoms with Crippen molar-refractivity contribution in [1.82, 2.24) is 4.90 Å². The van der Waals surface area contributed by atoms with Crippen LogP contribution in [-0.2, 0) is 0 Å². The first kappa shape index (κ1) is 9.89. The molecule has 0 radical (unpaired) electrons. The van der Waals surface area contributed by atoms with E-state index >= 15 is 0 Å². The summed E-state index contributed by atoms with van der Waals surface area (Å²) < 4.78 is 0. The lowest BCUT2D eigenvalue weighted by Crippen LogP contribution is -2.21. The van der Waals surface area contributed by atoms with Crippen molar-refractivity contribution >= 4 is 17.7 Å². The molecular weight excluding hydrogens is 142 g/mol. The average molecular weight is 159 g/mol. The summed E-state index contributed by atoms with van der Waals surface area (Å²) >= 11 is 4.78. The van der Waals surface area contributed by atoms with Crippen molar-refractivity contribution in [3.05, 3.63) is 0 Å². The number of rotatable bonds is 5. The molecule has 0 aromatic heterocycles. The van der Waals surface area contributed by atoms with Crippen LogP contribution in [0.15, 0.2) is 0 Å². The molecule has 1 unspecified atom stereocenters. The maximum Gasteiger partial charge on any atom is 0.0638 e. The number of hydrogen-bond donors (Lipinski definition) is 0. The molecule has 0 aliphatic rings. The van der Waals surface area contributed by atoms with E-state index in [9.17, 15) is 0 Å². The Morgan fingerprint density at radius 3 is 2.60 bits per heavy atom. The summed E-state index contributed by atoms with van der Waals surface area (Å²) in [7, 11) is 2.03. The molecule has 60 valence electrons. The number of nitrogens with zero attached hydrogens (tertiary/aromatic N) is 1. The van der Waals surface area contributed by atoms with Gasteiger partial charge in [-0.1, -0.05) is 32.5 Å². The van der Waals surface area contributed by atoms with E-state index in [4.69, 9.17) is 12.2 Å². The Kier molecular flexibility index (Phi) is 5.60. The van der Waals surface area contributed by atoms with Crippen molar-refractivity contribution < 1.29 is 0 Å². The van der Waals surface area contributed by atoms with Crippen LogP contribution in [0.2, 0.25) is 0 Å². The minimum absolute atomic E-state index is 0.772. The predicted octanol–water partition coefficient (Wildman–Crippen LogP) is 2.31. The van der Waals surface area contributed by atoms with Gasteiger partial charge in [-0.2, -0.15) is 0 Å². The number of thiocarbonyl (C=S) groups is 1. The Bertz CT molecular complexity index is 93.3. The van der Waals surface area contributed by atoms with E-state index in [0.717, 1.165) is 12.5 Å². The summed E-state index contributed by atoms with van der Waals surface area (Å²) in [6.45, 7) is 5.57. The highest BCUT2D eigenvalue weighted by Crippen LogP contribution is 2.04. The van der Waals surface area contributed by atoms with Crippen LogP contribution in [-0.4, -0.2) is 24.0 Å². The van der Waals surface area contributed by atoms with E-state index in [2.05, 4.69) is 18.7 Å². The highest BCUT2D eigenvalue weighted by Gasteiger charge is 2.01. The predicted molar refractivity (Wildman–Crippen MR) is 50.4 cm³/mol. The first-order valence-electron chi connectivity index (χ1n) is 3.86. The Labute approximate surface area is 69.4 Å². The van der Waals surface area contributed by atoms with Crippen LogP contribution in [0.3, 0.4) is 0 Å². The van der Waals surface area contributed by atoms with Crippen molar-refractivity contribution in [2.45, 2.75) is 26.7 Å². The largest absolute Gasteiger partial charge is 0.372 e. The van der Waals surface area contributed by atoms with Crippen LogP contribution >= 0.6 is 12.2 Å². The second kappa shape index (κ2) is 5.66. The van der Waals surface area contributed by atoms with Crippen molar-refractivity contribution in [2.75, 3.05) is 13.6 Å². The average Bonchev–Trinajstić information content (AvgIpc) is 1.88. The molecule has 0 spiro atoms. The molecule has 0 amide bonds. The lowest BCUT2D eigenvalue weighted by Gasteiger charge is -2.17. The maximum atomic E-state index is 4.78. The summed E-state index contributed by atoms with van der Waals surface area (Å²) in [6.07, 6.45) is 2.57. The zero-order chi connectivity index (χ0) is 7.98. The van der Waals surface area contributed by atoms with Gasteiger partial charge in [-0.15, -0.1) is 0 Å². The van der Waals surface area contributed by atoms with Gasteiger partial charge in [0.1, 0.15) is 0 Å². The zero-order valence-corrected chi connectivity index (χ0v) is 7.95. The minimum Gasteiger partial charge on any atom is -0.372 e. The van der Waals surface area contributed by atoms with E-state index in [1.54, 1.807) is 5.49 Å². The van der Waals surface area contributed by atoms with Crippen LogP contribution in [0.25, 0.3) is 0 Å². The molecule has 10 heavy (non-hydrogen) atoms. The monoisotopic (exact) mass is 159 g/mol. The van der Waals surface area contributed by atoms with Gasteiger partial charge in [0.05, 0.1) is 5.49 Å². The fourth-order valence-corrected chi connectivity index (χ4v) is 1.20. The molecule has 0 saturated heterocycles. The quantitative estimate of drug-likeness (QED) is 0.566. The summed E-state index contributed by atoms with van der Waals surface area (Å²) in [4.78, 5) is 2.07. The Morgan fingerprint density at radius 1 is 1.60 bits per heavy atom. The van der Waals surface area contributed by atoms with Crippen LogP contribution < -0.4 is 0 Å². The second-order valence-electron chi connectivity index (χ2n) is 2.94. The summed E-state index contributed by atoms with van der Waals surface area (Å²) in [6, 6.07) is 0. The highest BCUT2D eigenvalue weighted by atomic mass is 32.1. The molecular formula is C8H17NS. The van der Waals surface area contributed by atoms with Gasteiger partial charge >= 0.3 is 0 Å². The van der Waals surface area contributed by atoms with Crippen molar-refractivity contribution in [3.63, 3.8) is 0 Å². The molecule has 0 N–H and O–H groups in total. The maximum absolute atomic E-state index is 4.78. The third-order valence-electron chi connectivity index (χ3n) is 1.56. The molecule has 2 heteroatoms. The summed E-state index contributed by atoms with van der Waals surface area (Å²) in [5, 5.41) is 0. The van der Waals surface area contributed by atoms with Gasteiger partial charge in [0.25, 0.3) is 0 Å². The molecule has 0 saturated carbocycles. The van der Waals surface area contributed by atoms with Gasteiger partial charge in [0.2, 0.25) is 0 Å². The van der Waals surface area contributed by atoms with Gasteiger partial charge in [0, 0.05) is 13.6 Å². The Morgan fingerprint density at radius 2 is 2.20 bits per heavy atom. The van der Waals surface area contributed by atoms with E-state index < -0.39 is 0 Å². The molecule has 0 fully saturated rings.